The van der Waals surface area contributed by atoms with E-state index >= 15 is 0 Å². The van der Waals surface area contributed by atoms with E-state index in [9.17, 15) is 0 Å². The molecular formula is C18H23NO. The summed E-state index contributed by atoms with van der Waals surface area (Å²) in [6.45, 7) is 5.00. The summed E-state index contributed by atoms with van der Waals surface area (Å²) >= 11 is 0. The third-order valence-electron chi connectivity index (χ3n) is 3.37. The van der Waals surface area contributed by atoms with Gasteiger partial charge in [0.1, 0.15) is 5.75 Å². The van der Waals surface area contributed by atoms with Crippen molar-refractivity contribution in [1.82, 2.24) is 0 Å². The van der Waals surface area contributed by atoms with Crippen molar-refractivity contribution in [2.75, 3.05) is 7.11 Å². The molecule has 2 rings (SSSR count). The summed E-state index contributed by atoms with van der Waals surface area (Å²) in [5, 5.41) is 0. The van der Waals surface area contributed by atoms with Crippen molar-refractivity contribution < 1.29 is 4.74 Å². The van der Waals surface area contributed by atoms with E-state index in [4.69, 9.17) is 10.5 Å². The van der Waals surface area contributed by atoms with Crippen molar-refractivity contribution >= 4 is 0 Å². The number of ether oxygens (including phenoxy) is 1. The molecule has 0 aliphatic rings. The van der Waals surface area contributed by atoms with Crippen molar-refractivity contribution in [1.29, 1.82) is 0 Å². The first-order chi connectivity index (χ1) is 9.62. The molecule has 106 valence electrons. The fourth-order valence-corrected chi connectivity index (χ4v) is 2.37. The quantitative estimate of drug-likeness (QED) is 0.889. The number of hydrogen-bond acceptors (Lipinski definition) is 2. The predicted molar refractivity (Wildman–Crippen MR) is 84.9 cm³/mol. The predicted octanol–water partition coefficient (Wildman–Crippen LogP) is 4.02. The lowest BCUT2D eigenvalue weighted by Gasteiger charge is -2.10. The fraction of sp³-hybridized carbons (Fsp3) is 0.333. The molecule has 0 fully saturated rings. The zero-order valence-electron chi connectivity index (χ0n) is 12.5. The van der Waals surface area contributed by atoms with Gasteiger partial charge in [-0.05, 0) is 52.8 Å². The lowest BCUT2D eigenvalue weighted by atomic mass is 9.98. The zero-order chi connectivity index (χ0) is 14.5. The van der Waals surface area contributed by atoms with Crippen molar-refractivity contribution in [3.63, 3.8) is 0 Å². The minimum atomic E-state index is 0.523. The zero-order valence-corrected chi connectivity index (χ0v) is 12.5. The van der Waals surface area contributed by atoms with Gasteiger partial charge in [0.15, 0.2) is 0 Å². The first kappa shape index (κ1) is 14.6. The van der Waals surface area contributed by atoms with Crippen molar-refractivity contribution in [3.05, 3.63) is 53.6 Å². The third kappa shape index (κ3) is 3.61. The van der Waals surface area contributed by atoms with E-state index in [-0.39, 0.29) is 0 Å². The normalized spacial score (nSPS) is 10.8. The lowest BCUT2D eigenvalue weighted by molar-refractivity contribution is 0.414. The van der Waals surface area contributed by atoms with Crippen molar-refractivity contribution in [2.45, 2.75) is 26.8 Å². The molecule has 0 bridgehead atoms. The van der Waals surface area contributed by atoms with Gasteiger partial charge in [0, 0.05) is 6.54 Å². The van der Waals surface area contributed by atoms with Crippen LogP contribution >= 0.6 is 0 Å². The van der Waals surface area contributed by atoms with Crippen LogP contribution in [0.2, 0.25) is 0 Å². The molecule has 20 heavy (non-hydrogen) atoms. The molecule has 0 saturated heterocycles. The van der Waals surface area contributed by atoms with Crippen LogP contribution in [0, 0.1) is 5.92 Å². The van der Waals surface area contributed by atoms with E-state index in [0.717, 1.165) is 23.3 Å². The minimum absolute atomic E-state index is 0.523. The summed E-state index contributed by atoms with van der Waals surface area (Å²) in [5.41, 5.74) is 10.6. The first-order valence-electron chi connectivity index (χ1n) is 7.09. The molecule has 0 aliphatic heterocycles. The van der Waals surface area contributed by atoms with Crippen LogP contribution in [-0.2, 0) is 13.0 Å². The number of hydrogen-bond donors (Lipinski definition) is 1. The highest BCUT2D eigenvalue weighted by atomic mass is 16.5. The fourth-order valence-electron chi connectivity index (χ4n) is 2.37. The van der Waals surface area contributed by atoms with Crippen LogP contribution in [0.3, 0.4) is 0 Å². The Morgan fingerprint density at radius 2 is 1.65 bits per heavy atom. The molecule has 0 radical (unpaired) electrons. The average Bonchev–Trinajstić information content (AvgIpc) is 2.46. The van der Waals surface area contributed by atoms with Crippen LogP contribution in [0.5, 0.6) is 5.75 Å². The second kappa shape index (κ2) is 6.58. The van der Waals surface area contributed by atoms with Crippen LogP contribution in [0.15, 0.2) is 42.5 Å². The first-order valence-corrected chi connectivity index (χ1v) is 7.09. The molecule has 0 heterocycles. The maximum atomic E-state index is 5.74. The summed E-state index contributed by atoms with van der Waals surface area (Å²) in [7, 11) is 1.69. The van der Waals surface area contributed by atoms with E-state index in [1.807, 2.05) is 6.07 Å². The average molecular weight is 269 g/mol. The number of benzene rings is 2. The van der Waals surface area contributed by atoms with Gasteiger partial charge in [-0.15, -0.1) is 0 Å². The Morgan fingerprint density at radius 1 is 0.950 bits per heavy atom. The van der Waals surface area contributed by atoms with Crippen LogP contribution in [-0.4, -0.2) is 7.11 Å². The highest BCUT2D eigenvalue weighted by Crippen LogP contribution is 2.26. The largest absolute Gasteiger partial charge is 0.497 e. The maximum Gasteiger partial charge on any atom is 0.119 e. The number of rotatable bonds is 5. The Kier molecular flexibility index (Phi) is 4.80. The summed E-state index contributed by atoms with van der Waals surface area (Å²) in [5.74, 6) is 1.54. The van der Waals surface area contributed by atoms with Gasteiger partial charge in [-0.25, -0.2) is 0 Å². The van der Waals surface area contributed by atoms with Crippen LogP contribution in [0.25, 0.3) is 11.1 Å². The smallest absolute Gasteiger partial charge is 0.119 e. The number of nitrogens with two attached hydrogens (primary N) is 1. The van der Waals surface area contributed by atoms with Crippen LogP contribution in [0.1, 0.15) is 25.0 Å². The summed E-state index contributed by atoms with van der Waals surface area (Å²) in [6.07, 6.45) is 1.12. The van der Waals surface area contributed by atoms with E-state index < -0.39 is 0 Å². The summed E-state index contributed by atoms with van der Waals surface area (Å²) in [4.78, 5) is 0. The highest BCUT2D eigenvalue weighted by molar-refractivity contribution is 5.66. The van der Waals surface area contributed by atoms with E-state index in [0.29, 0.717) is 12.5 Å². The lowest BCUT2D eigenvalue weighted by Crippen LogP contribution is -1.98. The van der Waals surface area contributed by atoms with Crippen LogP contribution in [0.4, 0.5) is 0 Å². The molecule has 0 atom stereocenters. The topological polar surface area (TPSA) is 35.2 Å². The summed E-state index contributed by atoms with van der Waals surface area (Å²) in [6, 6.07) is 14.9. The second-order valence-corrected chi connectivity index (χ2v) is 5.57. The van der Waals surface area contributed by atoms with E-state index in [2.05, 4.69) is 50.2 Å². The molecule has 2 heteroatoms. The van der Waals surface area contributed by atoms with Gasteiger partial charge in [0.25, 0.3) is 0 Å². The van der Waals surface area contributed by atoms with Crippen LogP contribution < -0.4 is 10.5 Å². The molecule has 2 aromatic rings. The Labute approximate surface area is 121 Å². The highest BCUT2D eigenvalue weighted by Gasteiger charge is 2.04. The van der Waals surface area contributed by atoms with E-state index in [1.165, 1.54) is 11.1 Å². The summed E-state index contributed by atoms with van der Waals surface area (Å²) < 4.78 is 5.34. The molecule has 2 nitrogen and oxygen atoms in total. The molecule has 0 aliphatic carbocycles. The maximum absolute atomic E-state index is 5.74. The molecule has 0 aromatic heterocycles. The standard InChI is InChI=1S/C18H23NO/c1-13(2)8-14-4-6-16(7-5-14)17-9-15(12-19)10-18(11-17)20-3/h4-7,9-11,13H,8,12,19H2,1-3H3. The van der Waals surface area contributed by atoms with Gasteiger partial charge in [-0.3, -0.25) is 0 Å². The Bertz CT molecular complexity index is 536. The molecule has 0 amide bonds. The van der Waals surface area contributed by atoms with Gasteiger partial charge in [0.05, 0.1) is 7.11 Å². The van der Waals surface area contributed by atoms with Gasteiger partial charge < -0.3 is 10.5 Å². The van der Waals surface area contributed by atoms with E-state index in [1.54, 1.807) is 7.11 Å². The van der Waals surface area contributed by atoms with Gasteiger partial charge >= 0.3 is 0 Å². The van der Waals surface area contributed by atoms with Gasteiger partial charge in [-0.2, -0.15) is 0 Å². The molecule has 0 spiro atoms. The Hall–Kier alpha value is -1.80. The SMILES string of the molecule is COc1cc(CN)cc(-c2ccc(CC(C)C)cc2)c1. The molecule has 2 aromatic carbocycles. The monoisotopic (exact) mass is 269 g/mol. The Morgan fingerprint density at radius 3 is 2.20 bits per heavy atom. The minimum Gasteiger partial charge on any atom is -0.497 e. The van der Waals surface area contributed by atoms with Gasteiger partial charge in [-0.1, -0.05) is 38.1 Å². The third-order valence-corrected chi connectivity index (χ3v) is 3.37. The molecule has 2 N–H and O–H groups in total. The van der Waals surface area contributed by atoms with Crippen molar-refractivity contribution in [2.24, 2.45) is 11.7 Å². The second-order valence-electron chi connectivity index (χ2n) is 5.57. The molecular weight excluding hydrogens is 246 g/mol. The van der Waals surface area contributed by atoms with Crippen molar-refractivity contribution in [3.8, 4) is 16.9 Å². The Balaban J connectivity index is 2.31. The molecule has 0 saturated carbocycles. The molecule has 0 unspecified atom stereocenters. The van der Waals surface area contributed by atoms with Gasteiger partial charge in [0.2, 0.25) is 0 Å². The number of methoxy groups -OCH3 is 1.